The van der Waals surface area contributed by atoms with Gasteiger partial charge in [-0.05, 0) is 31.5 Å². The molecule has 2 N–H and O–H groups in total. The highest BCUT2D eigenvalue weighted by Gasteiger charge is 2.24. The number of carbonyl (C=O) groups excluding carboxylic acids is 3. The van der Waals surface area contributed by atoms with Crippen LogP contribution < -0.4 is 5.32 Å². The number of esters is 1. The minimum Gasteiger partial charge on any atom is -0.467 e. The lowest BCUT2D eigenvalue weighted by Crippen LogP contribution is -2.43. The predicted molar refractivity (Wildman–Crippen MR) is 113 cm³/mol. The molecular formula is C22H24N2O4S. The summed E-state index contributed by atoms with van der Waals surface area (Å²) < 4.78 is 4.86. The van der Waals surface area contributed by atoms with Gasteiger partial charge < -0.3 is 15.0 Å². The Morgan fingerprint density at radius 2 is 1.93 bits per heavy atom. The number of carbonyl (C=O) groups is 3. The van der Waals surface area contributed by atoms with Gasteiger partial charge in [-0.1, -0.05) is 18.2 Å². The number of aryl methyl sites for hydroxylation is 2. The minimum absolute atomic E-state index is 0.0224. The van der Waals surface area contributed by atoms with E-state index in [2.05, 4.69) is 10.3 Å². The number of hydrogen-bond acceptors (Lipinski definition) is 5. The van der Waals surface area contributed by atoms with Crippen molar-refractivity contribution in [1.82, 2.24) is 10.3 Å². The summed E-state index contributed by atoms with van der Waals surface area (Å²) in [5.74, 6) is -0.925. The smallest absolute Gasteiger partial charge is 0.328 e. The number of thiophene rings is 1. The molecule has 1 atom stereocenters. The first-order valence-corrected chi connectivity index (χ1v) is 10.2. The normalized spacial score (nSPS) is 12.0. The summed E-state index contributed by atoms with van der Waals surface area (Å²) in [6.07, 6.45) is 2.26. The van der Waals surface area contributed by atoms with Crippen LogP contribution in [-0.2, 0) is 20.7 Å². The number of amides is 1. The van der Waals surface area contributed by atoms with E-state index in [1.54, 1.807) is 11.3 Å². The van der Waals surface area contributed by atoms with E-state index in [-0.39, 0.29) is 24.5 Å². The van der Waals surface area contributed by atoms with Crippen molar-refractivity contribution >= 4 is 39.9 Å². The lowest BCUT2D eigenvalue weighted by Gasteiger charge is -2.16. The highest BCUT2D eigenvalue weighted by atomic mass is 32.1. The van der Waals surface area contributed by atoms with Gasteiger partial charge in [-0.15, -0.1) is 11.3 Å². The van der Waals surface area contributed by atoms with E-state index >= 15 is 0 Å². The fraction of sp³-hybridized carbons (Fsp3) is 0.318. The minimum atomic E-state index is -0.813. The lowest BCUT2D eigenvalue weighted by atomic mass is 10.0. The fourth-order valence-corrected chi connectivity index (χ4v) is 4.33. The Kier molecular flexibility index (Phi) is 6.49. The summed E-state index contributed by atoms with van der Waals surface area (Å²) in [5.41, 5.74) is 2.55. The molecule has 0 spiro atoms. The number of aromatic nitrogens is 1. The first kappa shape index (κ1) is 20.8. The molecule has 3 rings (SSSR count). The van der Waals surface area contributed by atoms with Crippen molar-refractivity contribution in [3.8, 4) is 0 Å². The zero-order valence-corrected chi connectivity index (χ0v) is 17.5. The number of para-hydroxylation sites is 1. The molecule has 0 saturated carbocycles. The van der Waals surface area contributed by atoms with Gasteiger partial charge in [-0.25, -0.2) is 4.79 Å². The van der Waals surface area contributed by atoms with Crippen LogP contribution in [0.4, 0.5) is 0 Å². The molecule has 2 aromatic heterocycles. The van der Waals surface area contributed by atoms with Crippen LogP contribution in [-0.4, -0.2) is 35.8 Å². The number of nitrogens with one attached hydrogen (secondary N) is 2. The number of ketones is 1. The van der Waals surface area contributed by atoms with Gasteiger partial charge >= 0.3 is 5.97 Å². The number of benzene rings is 1. The number of Topliss-reactive ketones (excluding diaryl/α,β-unsaturated/α-hetero) is 1. The van der Waals surface area contributed by atoms with Crippen LogP contribution in [0.5, 0.6) is 0 Å². The Balaban J connectivity index is 1.64. The van der Waals surface area contributed by atoms with Gasteiger partial charge in [0.15, 0.2) is 5.78 Å². The molecule has 0 fully saturated rings. The fourth-order valence-electron chi connectivity index (χ4n) is 3.39. The average Bonchev–Trinajstić information content (AvgIpc) is 3.27. The van der Waals surface area contributed by atoms with Crippen LogP contribution in [0.2, 0.25) is 0 Å². The summed E-state index contributed by atoms with van der Waals surface area (Å²) in [5, 5.41) is 3.71. The van der Waals surface area contributed by atoms with Crippen LogP contribution in [0, 0.1) is 13.8 Å². The second-order valence-corrected chi connectivity index (χ2v) is 8.42. The molecule has 0 aliphatic carbocycles. The molecular weight excluding hydrogens is 388 g/mol. The molecule has 3 aromatic rings. The third kappa shape index (κ3) is 4.92. The highest BCUT2D eigenvalue weighted by molar-refractivity contribution is 7.12. The predicted octanol–water partition coefficient (Wildman–Crippen LogP) is 3.71. The van der Waals surface area contributed by atoms with E-state index < -0.39 is 12.0 Å². The van der Waals surface area contributed by atoms with Crippen molar-refractivity contribution in [2.75, 3.05) is 7.11 Å². The molecule has 0 saturated heterocycles. The number of ether oxygens (including phenoxy) is 1. The Morgan fingerprint density at radius 1 is 1.17 bits per heavy atom. The monoisotopic (exact) mass is 412 g/mol. The molecule has 2 heterocycles. The molecule has 6 nitrogen and oxygen atoms in total. The van der Waals surface area contributed by atoms with Gasteiger partial charge in [0.1, 0.15) is 6.04 Å². The van der Waals surface area contributed by atoms with E-state index in [1.807, 2.05) is 50.4 Å². The van der Waals surface area contributed by atoms with E-state index in [9.17, 15) is 14.4 Å². The van der Waals surface area contributed by atoms with Crippen molar-refractivity contribution in [1.29, 1.82) is 0 Å². The van der Waals surface area contributed by atoms with Crippen LogP contribution in [0.3, 0.4) is 0 Å². The van der Waals surface area contributed by atoms with Gasteiger partial charge in [0.05, 0.1) is 7.11 Å². The first-order valence-electron chi connectivity index (χ1n) is 9.41. The molecule has 152 valence electrons. The molecule has 0 aliphatic rings. The number of aromatic amines is 1. The maximum atomic E-state index is 12.4. The third-order valence-corrected chi connectivity index (χ3v) is 5.81. The second-order valence-electron chi connectivity index (χ2n) is 6.96. The van der Waals surface area contributed by atoms with E-state index in [0.717, 1.165) is 26.2 Å². The van der Waals surface area contributed by atoms with E-state index in [0.29, 0.717) is 12.0 Å². The summed E-state index contributed by atoms with van der Waals surface area (Å²) in [6, 6.07) is 8.80. The van der Waals surface area contributed by atoms with Gasteiger partial charge in [-0.3, -0.25) is 9.59 Å². The second kappa shape index (κ2) is 9.05. The Morgan fingerprint density at radius 3 is 2.62 bits per heavy atom. The molecule has 29 heavy (non-hydrogen) atoms. The van der Waals surface area contributed by atoms with Crippen LogP contribution in [0.15, 0.2) is 36.5 Å². The summed E-state index contributed by atoms with van der Waals surface area (Å²) in [6.45, 7) is 3.85. The third-order valence-electron chi connectivity index (χ3n) is 4.84. The van der Waals surface area contributed by atoms with Gasteiger partial charge in [0, 0.05) is 51.7 Å². The Hall–Kier alpha value is -2.93. The van der Waals surface area contributed by atoms with Crippen molar-refractivity contribution in [3.63, 3.8) is 0 Å². The van der Waals surface area contributed by atoms with Crippen molar-refractivity contribution in [3.05, 3.63) is 57.4 Å². The van der Waals surface area contributed by atoms with Crippen molar-refractivity contribution in [2.45, 2.75) is 39.2 Å². The number of methoxy groups -OCH3 is 1. The average molecular weight is 413 g/mol. The van der Waals surface area contributed by atoms with Gasteiger partial charge in [0.2, 0.25) is 5.91 Å². The number of hydrogen-bond donors (Lipinski definition) is 2. The lowest BCUT2D eigenvalue weighted by molar-refractivity contribution is -0.145. The standard InChI is InChI=1S/C22H24N2O4S/c1-13-10-17(14(2)29-13)20(25)8-9-21(26)24-19(22(27)28-3)11-15-12-23-18-7-5-4-6-16(15)18/h4-7,10,12,19,23H,8-9,11H2,1-3H3,(H,24,26). The number of H-pyrrole nitrogens is 1. The summed E-state index contributed by atoms with van der Waals surface area (Å²) >= 11 is 1.57. The largest absolute Gasteiger partial charge is 0.467 e. The molecule has 0 radical (unpaired) electrons. The highest BCUT2D eigenvalue weighted by Crippen LogP contribution is 2.22. The summed E-state index contributed by atoms with van der Waals surface area (Å²) in [7, 11) is 1.29. The Bertz CT molecular complexity index is 1050. The first-order chi connectivity index (χ1) is 13.9. The number of rotatable bonds is 8. The molecule has 1 aromatic carbocycles. The van der Waals surface area contributed by atoms with Crippen LogP contribution >= 0.6 is 11.3 Å². The summed E-state index contributed by atoms with van der Waals surface area (Å²) in [4.78, 5) is 42.2. The number of fused-ring (bicyclic) bond motifs is 1. The molecule has 1 amide bonds. The van der Waals surface area contributed by atoms with E-state index in [1.165, 1.54) is 7.11 Å². The maximum Gasteiger partial charge on any atom is 0.328 e. The Labute approximate surface area is 173 Å². The van der Waals surface area contributed by atoms with Crippen molar-refractivity contribution in [2.24, 2.45) is 0 Å². The van der Waals surface area contributed by atoms with Gasteiger partial charge in [0.25, 0.3) is 0 Å². The SMILES string of the molecule is COC(=O)C(Cc1c[nH]c2ccccc12)NC(=O)CCC(=O)c1cc(C)sc1C. The quantitative estimate of drug-likeness (QED) is 0.436. The van der Waals surface area contributed by atoms with Crippen molar-refractivity contribution < 1.29 is 19.1 Å². The molecule has 0 aliphatic heterocycles. The van der Waals surface area contributed by atoms with Crippen LogP contribution in [0.1, 0.15) is 38.5 Å². The maximum absolute atomic E-state index is 12.4. The topological polar surface area (TPSA) is 88.3 Å². The molecule has 1 unspecified atom stereocenters. The molecule has 7 heteroatoms. The molecule has 0 bridgehead atoms. The van der Waals surface area contributed by atoms with E-state index in [4.69, 9.17) is 4.74 Å². The van der Waals surface area contributed by atoms with Gasteiger partial charge in [-0.2, -0.15) is 0 Å². The zero-order chi connectivity index (χ0) is 21.0. The zero-order valence-electron chi connectivity index (χ0n) is 16.7. The van der Waals surface area contributed by atoms with Crippen LogP contribution in [0.25, 0.3) is 10.9 Å².